The Labute approximate surface area is 340 Å². The molecule has 0 saturated heterocycles. The highest BCUT2D eigenvalue weighted by Crippen LogP contribution is 2.63. The zero-order valence-electron chi connectivity index (χ0n) is 31.4. The van der Waals surface area contributed by atoms with Crippen LogP contribution in [0.3, 0.4) is 0 Å². The molecular weight excluding hydrogens is 721 g/mol. The number of aromatic nitrogens is 1. The quantitative estimate of drug-likeness (QED) is 0.170. The maximum atomic E-state index is 2.61. The zero-order chi connectivity index (χ0) is 38.0. The van der Waals surface area contributed by atoms with Gasteiger partial charge in [-0.1, -0.05) is 146 Å². The summed E-state index contributed by atoms with van der Waals surface area (Å²) in [6.45, 7) is 0. The maximum Gasteiger partial charge on any atom is 0.0714 e. The van der Waals surface area contributed by atoms with Gasteiger partial charge in [-0.3, -0.25) is 0 Å². The molecule has 0 N–H and O–H groups in total. The lowest BCUT2D eigenvalue weighted by Gasteiger charge is -2.34. The predicted octanol–water partition coefficient (Wildman–Crippen LogP) is 15.0. The number of anilines is 3. The molecule has 58 heavy (non-hydrogen) atoms. The first-order valence-corrected chi connectivity index (χ1v) is 20.8. The van der Waals surface area contributed by atoms with Crippen LogP contribution in [0.5, 0.6) is 0 Å². The molecule has 1 aliphatic carbocycles. The molecule has 0 spiro atoms. The molecule has 0 saturated carbocycles. The second-order valence-electron chi connectivity index (χ2n) is 15.6. The van der Waals surface area contributed by atoms with E-state index in [9.17, 15) is 0 Å². The number of thiophene rings is 1. The number of hydrogen-bond donors (Lipinski definition) is 0. The third kappa shape index (κ3) is 4.11. The fraction of sp³-hybridized carbons (Fsp3) is 0.0182. The number of para-hydroxylation sites is 2. The van der Waals surface area contributed by atoms with E-state index in [1.165, 1.54) is 92.2 Å². The van der Waals surface area contributed by atoms with Crippen molar-refractivity contribution in [3.05, 3.63) is 229 Å². The van der Waals surface area contributed by atoms with Gasteiger partial charge in [0.15, 0.2) is 0 Å². The third-order valence-corrected chi connectivity index (χ3v) is 14.0. The molecular formula is C55H34N2S. The van der Waals surface area contributed by atoms with Crippen LogP contribution >= 0.6 is 11.3 Å². The summed E-state index contributed by atoms with van der Waals surface area (Å²) < 4.78 is 5.26. The Morgan fingerprint density at radius 3 is 1.71 bits per heavy atom. The van der Waals surface area contributed by atoms with Crippen molar-refractivity contribution in [2.75, 3.05) is 4.90 Å². The standard InChI is InChI=1S/C55H34N2S/c1-5-17-35(18-6-1)55(36-19-7-2-8-20-36)45-27-15-26-41-50(45)52-46(55)28-16-29-48(52)57-47-32-31-39(56(37-21-9-3-10-22-37)38-23-11-4-12-24-38)33-42(47)43-34-44-40-25-13-14-30-49(40)58-54(44)51(41)53(43)57/h1-34H. The van der Waals surface area contributed by atoms with E-state index in [1.54, 1.807) is 0 Å². The minimum atomic E-state index is -0.494. The van der Waals surface area contributed by atoms with Gasteiger partial charge in [0.25, 0.3) is 0 Å². The molecule has 0 bridgehead atoms. The number of hydrogen-bond acceptors (Lipinski definition) is 2. The van der Waals surface area contributed by atoms with Crippen LogP contribution in [0.2, 0.25) is 0 Å². The molecule has 11 aromatic rings. The van der Waals surface area contributed by atoms with Gasteiger partial charge in [0.1, 0.15) is 0 Å². The summed E-state index contributed by atoms with van der Waals surface area (Å²) in [6, 6.07) is 76.5. The Hall–Kier alpha value is -7.20. The predicted molar refractivity (Wildman–Crippen MR) is 245 cm³/mol. The highest BCUT2D eigenvalue weighted by atomic mass is 32.1. The minimum absolute atomic E-state index is 0.494. The molecule has 270 valence electrons. The van der Waals surface area contributed by atoms with Crippen LogP contribution in [-0.4, -0.2) is 4.57 Å². The van der Waals surface area contributed by atoms with Crippen LogP contribution in [0.1, 0.15) is 22.3 Å². The van der Waals surface area contributed by atoms with Crippen LogP contribution in [0.15, 0.2) is 206 Å². The summed E-state index contributed by atoms with van der Waals surface area (Å²) in [5.41, 5.74) is 17.2. The summed E-state index contributed by atoms with van der Waals surface area (Å²) in [5.74, 6) is 0. The number of fused-ring (bicyclic) bond motifs is 9. The van der Waals surface area contributed by atoms with Gasteiger partial charge in [0, 0.05) is 59.1 Å². The van der Waals surface area contributed by atoms with Crippen molar-refractivity contribution >= 4 is 70.4 Å². The van der Waals surface area contributed by atoms with Crippen LogP contribution in [0.4, 0.5) is 17.1 Å². The summed E-state index contributed by atoms with van der Waals surface area (Å²) in [7, 11) is 0. The van der Waals surface area contributed by atoms with E-state index in [0.29, 0.717) is 0 Å². The van der Waals surface area contributed by atoms with Gasteiger partial charge in [-0.2, -0.15) is 0 Å². The van der Waals surface area contributed by atoms with E-state index in [1.807, 2.05) is 11.3 Å². The van der Waals surface area contributed by atoms with E-state index in [0.717, 1.165) is 17.1 Å². The molecule has 2 aliphatic rings. The van der Waals surface area contributed by atoms with Crippen molar-refractivity contribution in [3.8, 4) is 27.9 Å². The van der Waals surface area contributed by atoms with Crippen molar-refractivity contribution < 1.29 is 0 Å². The zero-order valence-corrected chi connectivity index (χ0v) is 32.2. The van der Waals surface area contributed by atoms with E-state index in [2.05, 4.69) is 216 Å². The molecule has 3 heteroatoms. The third-order valence-electron chi connectivity index (χ3n) is 12.8. The lowest BCUT2D eigenvalue weighted by molar-refractivity contribution is 0.768. The van der Waals surface area contributed by atoms with Gasteiger partial charge in [-0.05, 0) is 94.0 Å². The fourth-order valence-corrected chi connectivity index (χ4v) is 11.8. The fourth-order valence-electron chi connectivity index (χ4n) is 10.5. The minimum Gasteiger partial charge on any atom is -0.310 e. The molecule has 0 amide bonds. The first-order valence-electron chi connectivity index (χ1n) is 20.0. The second-order valence-corrected chi connectivity index (χ2v) is 16.6. The molecule has 13 rings (SSSR count). The smallest absolute Gasteiger partial charge is 0.0714 e. The lowest BCUT2D eigenvalue weighted by atomic mass is 9.67. The van der Waals surface area contributed by atoms with Crippen molar-refractivity contribution in [2.45, 2.75) is 5.41 Å². The molecule has 0 fully saturated rings. The van der Waals surface area contributed by atoms with Crippen LogP contribution < -0.4 is 4.90 Å². The Morgan fingerprint density at radius 2 is 1.02 bits per heavy atom. The molecule has 9 aromatic carbocycles. The Kier molecular flexibility index (Phi) is 6.56. The average Bonchev–Trinajstić information content (AvgIpc) is 3.90. The monoisotopic (exact) mass is 754 g/mol. The SMILES string of the molecule is c1ccc(N(c2ccccc2)c2ccc3c(c2)c2cc4c(sc5ccccc54)c4c2n3-c2cccc3c2-c2c-4cccc2C3(c2ccccc2)c2ccccc2)cc1. The van der Waals surface area contributed by atoms with E-state index in [4.69, 9.17) is 0 Å². The summed E-state index contributed by atoms with van der Waals surface area (Å²) in [4.78, 5) is 2.38. The summed E-state index contributed by atoms with van der Waals surface area (Å²) in [6.07, 6.45) is 0. The average molecular weight is 755 g/mol. The molecule has 3 heterocycles. The Bertz CT molecular complexity index is 3360. The van der Waals surface area contributed by atoms with Crippen LogP contribution in [0.25, 0.3) is 69.9 Å². The van der Waals surface area contributed by atoms with Gasteiger partial charge in [-0.15, -0.1) is 11.3 Å². The maximum absolute atomic E-state index is 2.61. The molecule has 0 radical (unpaired) electrons. The van der Waals surface area contributed by atoms with Gasteiger partial charge < -0.3 is 9.47 Å². The van der Waals surface area contributed by atoms with E-state index >= 15 is 0 Å². The summed E-state index contributed by atoms with van der Waals surface area (Å²) >= 11 is 1.93. The normalized spacial score (nSPS) is 13.3. The molecule has 2 nitrogen and oxygen atoms in total. The Balaban J connectivity index is 1.21. The van der Waals surface area contributed by atoms with E-state index in [-0.39, 0.29) is 0 Å². The van der Waals surface area contributed by atoms with Crippen molar-refractivity contribution in [2.24, 2.45) is 0 Å². The van der Waals surface area contributed by atoms with Gasteiger partial charge in [-0.25, -0.2) is 0 Å². The van der Waals surface area contributed by atoms with E-state index < -0.39 is 5.41 Å². The molecule has 0 unspecified atom stereocenters. The van der Waals surface area contributed by atoms with Crippen molar-refractivity contribution in [1.82, 2.24) is 4.57 Å². The first-order chi connectivity index (χ1) is 28.8. The number of rotatable bonds is 5. The van der Waals surface area contributed by atoms with Gasteiger partial charge in [0.2, 0.25) is 0 Å². The largest absolute Gasteiger partial charge is 0.310 e. The highest BCUT2D eigenvalue weighted by molar-refractivity contribution is 7.26. The number of benzene rings is 9. The van der Waals surface area contributed by atoms with Crippen LogP contribution in [-0.2, 0) is 5.41 Å². The van der Waals surface area contributed by atoms with Crippen LogP contribution in [0, 0.1) is 0 Å². The molecule has 0 atom stereocenters. The topological polar surface area (TPSA) is 8.17 Å². The molecule has 1 aliphatic heterocycles. The second kappa shape index (κ2) is 11.9. The van der Waals surface area contributed by atoms with Gasteiger partial charge >= 0.3 is 0 Å². The Morgan fingerprint density at radius 1 is 0.414 bits per heavy atom. The molecule has 2 aromatic heterocycles. The lowest BCUT2D eigenvalue weighted by Crippen LogP contribution is -2.28. The number of nitrogens with zero attached hydrogens (tertiary/aromatic N) is 2. The first kappa shape index (κ1) is 31.9. The van der Waals surface area contributed by atoms with Gasteiger partial charge in [0.05, 0.1) is 22.1 Å². The van der Waals surface area contributed by atoms with Crippen molar-refractivity contribution in [1.29, 1.82) is 0 Å². The van der Waals surface area contributed by atoms with Crippen molar-refractivity contribution in [3.63, 3.8) is 0 Å². The highest BCUT2D eigenvalue weighted by Gasteiger charge is 2.49. The summed E-state index contributed by atoms with van der Waals surface area (Å²) in [5, 5.41) is 5.15.